The predicted octanol–water partition coefficient (Wildman–Crippen LogP) is 5.63. The fourth-order valence-electron chi connectivity index (χ4n) is 3.00. The Kier molecular flexibility index (Phi) is 6.59. The number of benzene rings is 2. The van der Waals surface area contributed by atoms with Gasteiger partial charge in [-0.15, -0.1) is 0 Å². The standard InChI is InChI=1S/C22H23BrN2O4/c1-5-28-20-11-19-15(10-17(20)23)21(16(12-24-19)22(26)29-6-2)25-18-8-7-14(27-4)9-13(18)3/h7-12H,5-6H2,1-4H3,(H,24,25). The largest absolute Gasteiger partial charge is 0.497 e. The maximum atomic E-state index is 12.6. The van der Waals surface area contributed by atoms with Gasteiger partial charge in [0.1, 0.15) is 17.1 Å². The lowest BCUT2D eigenvalue weighted by molar-refractivity contribution is 0.0527. The van der Waals surface area contributed by atoms with Crippen molar-refractivity contribution in [2.24, 2.45) is 0 Å². The number of nitrogens with one attached hydrogen (secondary N) is 1. The summed E-state index contributed by atoms with van der Waals surface area (Å²) in [5.41, 5.74) is 3.54. The molecule has 1 N–H and O–H groups in total. The third kappa shape index (κ3) is 4.45. The van der Waals surface area contributed by atoms with E-state index in [2.05, 4.69) is 26.2 Å². The highest BCUT2D eigenvalue weighted by molar-refractivity contribution is 9.10. The van der Waals surface area contributed by atoms with Crippen LogP contribution < -0.4 is 14.8 Å². The van der Waals surface area contributed by atoms with Gasteiger partial charge in [0.25, 0.3) is 0 Å². The van der Waals surface area contributed by atoms with E-state index in [-0.39, 0.29) is 6.61 Å². The summed E-state index contributed by atoms with van der Waals surface area (Å²) < 4.78 is 17.0. The van der Waals surface area contributed by atoms with E-state index in [1.54, 1.807) is 14.0 Å². The van der Waals surface area contributed by atoms with Gasteiger partial charge in [-0.05, 0) is 66.5 Å². The second-order valence-corrected chi connectivity index (χ2v) is 7.16. The lowest BCUT2D eigenvalue weighted by Crippen LogP contribution is -2.10. The monoisotopic (exact) mass is 458 g/mol. The van der Waals surface area contributed by atoms with Gasteiger partial charge >= 0.3 is 5.97 Å². The first-order valence-electron chi connectivity index (χ1n) is 9.32. The Hall–Kier alpha value is -2.80. The van der Waals surface area contributed by atoms with Gasteiger partial charge in [0, 0.05) is 23.3 Å². The molecule has 2 aromatic carbocycles. The van der Waals surface area contributed by atoms with E-state index in [0.29, 0.717) is 29.1 Å². The third-order valence-corrected chi connectivity index (χ3v) is 5.03. The number of carbonyl (C=O) groups is 1. The molecule has 3 rings (SSSR count). The van der Waals surface area contributed by atoms with Gasteiger partial charge in [-0.1, -0.05) is 0 Å². The number of aromatic nitrogens is 1. The van der Waals surface area contributed by atoms with E-state index in [9.17, 15) is 4.79 Å². The zero-order valence-corrected chi connectivity index (χ0v) is 18.4. The minimum atomic E-state index is -0.430. The summed E-state index contributed by atoms with van der Waals surface area (Å²) in [7, 11) is 1.63. The Morgan fingerprint density at radius 3 is 2.62 bits per heavy atom. The highest BCUT2D eigenvalue weighted by Crippen LogP contribution is 2.37. The molecule has 0 fully saturated rings. The van der Waals surface area contributed by atoms with Crippen LogP contribution in [0.2, 0.25) is 0 Å². The molecule has 3 aromatic rings. The lowest BCUT2D eigenvalue weighted by Gasteiger charge is -2.17. The number of anilines is 2. The van der Waals surface area contributed by atoms with Crippen LogP contribution in [0.5, 0.6) is 11.5 Å². The van der Waals surface area contributed by atoms with Crippen LogP contribution in [0.15, 0.2) is 41.0 Å². The minimum absolute atomic E-state index is 0.283. The molecule has 0 bridgehead atoms. The Balaban J connectivity index is 2.18. The zero-order chi connectivity index (χ0) is 21.0. The van der Waals surface area contributed by atoms with Crippen molar-refractivity contribution in [2.45, 2.75) is 20.8 Å². The number of methoxy groups -OCH3 is 1. The van der Waals surface area contributed by atoms with Crippen LogP contribution in [-0.4, -0.2) is 31.3 Å². The predicted molar refractivity (Wildman–Crippen MR) is 118 cm³/mol. The van der Waals surface area contributed by atoms with Crippen LogP contribution in [0.1, 0.15) is 29.8 Å². The van der Waals surface area contributed by atoms with Crippen molar-refractivity contribution in [1.29, 1.82) is 0 Å². The summed E-state index contributed by atoms with van der Waals surface area (Å²) in [6.07, 6.45) is 1.53. The maximum Gasteiger partial charge on any atom is 0.341 e. The fraction of sp³-hybridized carbons (Fsp3) is 0.273. The van der Waals surface area contributed by atoms with Crippen molar-refractivity contribution in [3.05, 3.63) is 52.1 Å². The molecule has 0 saturated carbocycles. The molecule has 1 heterocycles. The van der Waals surface area contributed by atoms with Crippen LogP contribution in [-0.2, 0) is 4.74 Å². The normalized spacial score (nSPS) is 10.7. The molecule has 0 aliphatic heterocycles. The topological polar surface area (TPSA) is 69.7 Å². The van der Waals surface area contributed by atoms with Crippen LogP contribution >= 0.6 is 15.9 Å². The molecular weight excluding hydrogens is 436 g/mol. The summed E-state index contributed by atoms with van der Waals surface area (Å²) in [6, 6.07) is 9.46. The molecule has 152 valence electrons. The van der Waals surface area contributed by atoms with Crippen molar-refractivity contribution < 1.29 is 19.0 Å². The number of rotatable bonds is 7. The Morgan fingerprint density at radius 2 is 1.97 bits per heavy atom. The number of hydrogen-bond acceptors (Lipinski definition) is 6. The number of carbonyl (C=O) groups excluding carboxylic acids is 1. The quantitative estimate of drug-likeness (QED) is 0.462. The number of fused-ring (bicyclic) bond motifs is 1. The molecule has 0 saturated heterocycles. The van der Waals surface area contributed by atoms with Crippen molar-refractivity contribution >= 4 is 44.2 Å². The third-order valence-electron chi connectivity index (χ3n) is 4.41. The SMILES string of the molecule is CCOC(=O)c1cnc2cc(OCC)c(Br)cc2c1Nc1ccc(OC)cc1C. The van der Waals surface area contributed by atoms with Gasteiger partial charge in [-0.25, -0.2) is 4.79 Å². The maximum absolute atomic E-state index is 12.6. The average Bonchev–Trinajstić information content (AvgIpc) is 2.70. The average molecular weight is 459 g/mol. The Morgan fingerprint density at radius 1 is 1.17 bits per heavy atom. The van der Waals surface area contributed by atoms with Crippen molar-refractivity contribution in [1.82, 2.24) is 4.98 Å². The van der Waals surface area contributed by atoms with Crippen LogP contribution in [0.25, 0.3) is 10.9 Å². The first-order valence-corrected chi connectivity index (χ1v) is 10.1. The summed E-state index contributed by atoms with van der Waals surface area (Å²) in [5, 5.41) is 4.17. The second kappa shape index (κ2) is 9.13. The molecule has 0 aliphatic carbocycles. The summed E-state index contributed by atoms with van der Waals surface area (Å²) in [4.78, 5) is 17.0. The molecule has 0 aliphatic rings. The molecular formula is C22H23BrN2O4. The molecule has 0 unspecified atom stereocenters. The molecule has 6 nitrogen and oxygen atoms in total. The van der Waals surface area contributed by atoms with Gasteiger partial charge < -0.3 is 19.5 Å². The highest BCUT2D eigenvalue weighted by Gasteiger charge is 2.19. The van der Waals surface area contributed by atoms with Gasteiger partial charge in [-0.3, -0.25) is 4.98 Å². The zero-order valence-electron chi connectivity index (χ0n) is 16.8. The summed E-state index contributed by atoms with van der Waals surface area (Å²) in [5.74, 6) is 1.03. The molecule has 1 aromatic heterocycles. The van der Waals surface area contributed by atoms with E-state index in [1.165, 1.54) is 6.20 Å². The summed E-state index contributed by atoms with van der Waals surface area (Å²) in [6.45, 7) is 6.50. The number of halogens is 1. The number of nitrogens with zero attached hydrogens (tertiary/aromatic N) is 1. The highest BCUT2D eigenvalue weighted by atomic mass is 79.9. The number of aryl methyl sites for hydroxylation is 1. The van der Waals surface area contributed by atoms with E-state index < -0.39 is 5.97 Å². The molecule has 0 radical (unpaired) electrons. The van der Waals surface area contributed by atoms with Crippen molar-refractivity contribution in [3.63, 3.8) is 0 Å². The van der Waals surface area contributed by atoms with E-state index in [4.69, 9.17) is 14.2 Å². The van der Waals surface area contributed by atoms with E-state index in [1.807, 2.05) is 44.2 Å². The van der Waals surface area contributed by atoms with Crippen molar-refractivity contribution in [2.75, 3.05) is 25.6 Å². The number of ether oxygens (including phenoxy) is 3. The van der Waals surface area contributed by atoms with E-state index in [0.717, 1.165) is 26.9 Å². The molecule has 0 atom stereocenters. The molecule has 29 heavy (non-hydrogen) atoms. The molecule has 0 amide bonds. The smallest absolute Gasteiger partial charge is 0.341 e. The summed E-state index contributed by atoms with van der Waals surface area (Å²) >= 11 is 3.55. The van der Waals surface area contributed by atoms with E-state index >= 15 is 0 Å². The number of pyridine rings is 1. The Labute approximate surface area is 178 Å². The van der Waals surface area contributed by atoms with Gasteiger partial charge in [0.15, 0.2) is 0 Å². The molecule has 0 spiro atoms. The second-order valence-electron chi connectivity index (χ2n) is 6.31. The first-order chi connectivity index (χ1) is 14.0. The fourth-order valence-corrected chi connectivity index (χ4v) is 3.45. The van der Waals surface area contributed by atoms with Gasteiger partial charge in [0.05, 0.1) is 36.0 Å². The first kappa shape index (κ1) is 20.9. The van der Waals surface area contributed by atoms with Crippen LogP contribution in [0.4, 0.5) is 11.4 Å². The van der Waals surface area contributed by atoms with Crippen LogP contribution in [0.3, 0.4) is 0 Å². The van der Waals surface area contributed by atoms with Crippen LogP contribution in [0, 0.1) is 6.92 Å². The lowest BCUT2D eigenvalue weighted by atomic mass is 10.1. The number of hydrogen-bond donors (Lipinski definition) is 1. The number of esters is 1. The van der Waals surface area contributed by atoms with Crippen molar-refractivity contribution in [3.8, 4) is 11.5 Å². The minimum Gasteiger partial charge on any atom is -0.497 e. The van der Waals surface area contributed by atoms with Gasteiger partial charge in [-0.2, -0.15) is 0 Å². The van der Waals surface area contributed by atoms with Gasteiger partial charge in [0.2, 0.25) is 0 Å². The molecule has 7 heteroatoms. The Bertz CT molecular complexity index is 1050.